The summed E-state index contributed by atoms with van der Waals surface area (Å²) in [5.41, 5.74) is 0.0658. The molecule has 1 aromatic carbocycles. The molecule has 2 aliphatic rings. The molecule has 8 heteroatoms. The predicted molar refractivity (Wildman–Crippen MR) is 102 cm³/mol. The van der Waals surface area contributed by atoms with Crippen molar-refractivity contribution in [2.45, 2.75) is 31.7 Å². The summed E-state index contributed by atoms with van der Waals surface area (Å²) in [5.74, 6) is 1.25. The number of carbonyl (C=O) groups excluding carboxylic acids is 1. The van der Waals surface area contributed by atoms with Gasteiger partial charge < -0.3 is 15.4 Å². The maximum absolute atomic E-state index is 12.1. The Bertz CT molecular complexity index is 631. The fourth-order valence-corrected chi connectivity index (χ4v) is 3.75. The van der Waals surface area contributed by atoms with Gasteiger partial charge in [0.2, 0.25) is 5.91 Å². The molecule has 2 atom stereocenters. The van der Waals surface area contributed by atoms with Gasteiger partial charge in [-0.05, 0) is 56.8 Å². The first kappa shape index (κ1) is 19.6. The zero-order chi connectivity index (χ0) is 19.1. The number of ether oxygens (including phenoxy) is 1. The topological polar surface area (TPSA) is 96.7 Å². The van der Waals surface area contributed by atoms with Crippen LogP contribution in [0.5, 0.6) is 5.75 Å². The molecule has 0 radical (unpaired) electrons. The standard InChI is InChI=1S/C19H28N4O4/c24-19(18-4-1-9-20-18)21-13-15-3-2-10-22(14-15)11-12-27-17-7-5-16(6-8-17)23(25)26/h5-8,15,18,20H,1-4,9-14H2,(H,21,24). The van der Waals surface area contributed by atoms with Gasteiger partial charge in [0.1, 0.15) is 12.4 Å². The Balaban J connectivity index is 1.35. The third-order valence-corrected chi connectivity index (χ3v) is 5.27. The van der Waals surface area contributed by atoms with Crippen LogP contribution in [0.3, 0.4) is 0 Å². The van der Waals surface area contributed by atoms with Crippen molar-refractivity contribution in [3.63, 3.8) is 0 Å². The van der Waals surface area contributed by atoms with E-state index in [1.165, 1.54) is 12.1 Å². The number of nitro benzene ring substituents is 1. The van der Waals surface area contributed by atoms with E-state index in [1.807, 2.05) is 0 Å². The molecule has 2 fully saturated rings. The lowest BCUT2D eigenvalue weighted by Gasteiger charge is -2.32. The van der Waals surface area contributed by atoms with Gasteiger partial charge in [0.05, 0.1) is 11.0 Å². The number of carbonyl (C=O) groups is 1. The minimum atomic E-state index is -0.417. The lowest BCUT2D eigenvalue weighted by molar-refractivity contribution is -0.384. The van der Waals surface area contributed by atoms with Crippen LogP contribution in [0.2, 0.25) is 0 Å². The monoisotopic (exact) mass is 376 g/mol. The second-order valence-corrected chi connectivity index (χ2v) is 7.30. The quantitative estimate of drug-likeness (QED) is 0.528. The van der Waals surface area contributed by atoms with E-state index in [1.54, 1.807) is 12.1 Å². The molecule has 2 heterocycles. The van der Waals surface area contributed by atoms with Crippen LogP contribution in [0.4, 0.5) is 5.69 Å². The van der Waals surface area contributed by atoms with Crippen molar-refractivity contribution >= 4 is 11.6 Å². The van der Waals surface area contributed by atoms with Gasteiger partial charge in [-0.3, -0.25) is 19.8 Å². The van der Waals surface area contributed by atoms with Crippen LogP contribution in [-0.4, -0.2) is 61.1 Å². The summed E-state index contributed by atoms with van der Waals surface area (Å²) in [6, 6.07) is 6.15. The number of amides is 1. The van der Waals surface area contributed by atoms with E-state index in [-0.39, 0.29) is 17.6 Å². The molecule has 2 N–H and O–H groups in total. The highest BCUT2D eigenvalue weighted by atomic mass is 16.6. The van der Waals surface area contributed by atoms with E-state index in [2.05, 4.69) is 15.5 Å². The third-order valence-electron chi connectivity index (χ3n) is 5.27. The van der Waals surface area contributed by atoms with E-state index in [4.69, 9.17) is 4.74 Å². The Morgan fingerprint density at radius 1 is 1.30 bits per heavy atom. The van der Waals surface area contributed by atoms with E-state index in [0.717, 1.165) is 58.4 Å². The van der Waals surface area contributed by atoms with Crippen LogP contribution in [0.1, 0.15) is 25.7 Å². The zero-order valence-electron chi connectivity index (χ0n) is 15.6. The number of nitrogens with zero attached hydrogens (tertiary/aromatic N) is 2. The second kappa shape index (κ2) is 9.66. The number of hydrogen-bond acceptors (Lipinski definition) is 6. The molecule has 27 heavy (non-hydrogen) atoms. The number of benzene rings is 1. The van der Waals surface area contributed by atoms with Crippen molar-refractivity contribution < 1.29 is 14.5 Å². The summed E-state index contributed by atoms with van der Waals surface area (Å²) in [5, 5.41) is 17.0. The Kier molecular flexibility index (Phi) is 7.00. The molecule has 0 saturated carbocycles. The van der Waals surface area contributed by atoms with Crippen LogP contribution in [0, 0.1) is 16.0 Å². The second-order valence-electron chi connectivity index (χ2n) is 7.30. The molecule has 3 rings (SSSR count). The van der Waals surface area contributed by atoms with Crippen LogP contribution in [0.15, 0.2) is 24.3 Å². The van der Waals surface area contributed by atoms with Crippen molar-refractivity contribution in [3.8, 4) is 5.75 Å². The van der Waals surface area contributed by atoms with Crippen molar-refractivity contribution in [3.05, 3.63) is 34.4 Å². The van der Waals surface area contributed by atoms with Crippen LogP contribution in [0.25, 0.3) is 0 Å². The summed E-state index contributed by atoms with van der Waals surface area (Å²) in [7, 11) is 0. The molecule has 2 aliphatic heterocycles. The maximum Gasteiger partial charge on any atom is 0.269 e. The van der Waals surface area contributed by atoms with Crippen molar-refractivity contribution in [1.82, 2.24) is 15.5 Å². The molecule has 2 unspecified atom stereocenters. The van der Waals surface area contributed by atoms with Crippen LogP contribution in [-0.2, 0) is 4.79 Å². The summed E-state index contributed by atoms with van der Waals surface area (Å²) in [4.78, 5) is 24.7. The summed E-state index contributed by atoms with van der Waals surface area (Å²) in [6.07, 6.45) is 4.27. The first-order valence-corrected chi connectivity index (χ1v) is 9.72. The largest absolute Gasteiger partial charge is 0.492 e. The molecule has 148 valence electrons. The van der Waals surface area contributed by atoms with Crippen molar-refractivity contribution in [2.24, 2.45) is 5.92 Å². The van der Waals surface area contributed by atoms with Crippen LogP contribution < -0.4 is 15.4 Å². The van der Waals surface area contributed by atoms with Gasteiger partial charge in [0.25, 0.3) is 5.69 Å². The van der Waals surface area contributed by atoms with E-state index in [0.29, 0.717) is 18.3 Å². The van der Waals surface area contributed by atoms with Crippen LogP contribution >= 0.6 is 0 Å². The number of piperidine rings is 1. The Labute approximate surface area is 159 Å². The maximum atomic E-state index is 12.1. The number of likely N-dealkylation sites (tertiary alicyclic amines) is 1. The first-order valence-electron chi connectivity index (χ1n) is 9.72. The smallest absolute Gasteiger partial charge is 0.269 e. The molecule has 1 amide bonds. The lowest BCUT2D eigenvalue weighted by atomic mass is 9.98. The Morgan fingerprint density at radius 3 is 2.81 bits per heavy atom. The van der Waals surface area contributed by atoms with Gasteiger partial charge in [0.15, 0.2) is 0 Å². The van der Waals surface area contributed by atoms with Gasteiger partial charge >= 0.3 is 0 Å². The highest BCUT2D eigenvalue weighted by molar-refractivity contribution is 5.81. The SMILES string of the molecule is O=C(NCC1CCCN(CCOc2ccc([N+](=O)[O-])cc2)C1)C1CCCN1. The van der Waals surface area contributed by atoms with Crippen molar-refractivity contribution in [2.75, 3.05) is 39.3 Å². The summed E-state index contributed by atoms with van der Waals surface area (Å²) in [6.45, 7) is 5.02. The van der Waals surface area contributed by atoms with Gasteiger partial charge in [-0.15, -0.1) is 0 Å². The van der Waals surface area contributed by atoms with E-state index in [9.17, 15) is 14.9 Å². The number of non-ortho nitro benzene ring substituents is 1. The Hall–Kier alpha value is -2.19. The van der Waals surface area contributed by atoms with Crippen molar-refractivity contribution in [1.29, 1.82) is 0 Å². The number of hydrogen-bond donors (Lipinski definition) is 2. The van der Waals surface area contributed by atoms with E-state index >= 15 is 0 Å². The third kappa shape index (κ3) is 5.90. The minimum Gasteiger partial charge on any atom is -0.492 e. The number of nitrogens with one attached hydrogen (secondary N) is 2. The highest BCUT2D eigenvalue weighted by Gasteiger charge is 2.24. The fourth-order valence-electron chi connectivity index (χ4n) is 3.75. The van der Waals surface area contributed by atoms with E-state index < -0.39 is 4.92 Å². The van der Waals surface area contributed by atoms with Gasteiger partial charge in [-0.1, -0.05) is 0 Å². The number of rotatable bonds is 8. The average molecular weight is 376 g/mol. The highest BCUT2D eigenvalue weighted by Crippen LogP contribution is 2.18. The van der Waals surface area contributed by atoms with Gasteiger partial charge in [0, 0.05) is 31.8 Å². The fraction of sp³-hybridized carbons (Fsp3) is 0.632. The zero-order valence-corrected chi connectivity index (χ0v) is 15.6. The molecule has 8 nitrogen and oxygen atoms in total. The molecule has 0 aliphatic carbocycles. The molecule has 2 saturated heterocycles. The Morgan fingerprint density at radius 2 is 2.11 bits per heavy atom. The average Bonchev–Trinajstić information content (AvgIpc) is 3.22. The van der Waals surface area contributed by atoms with Gasteiger partial charge in [-0.2, -0.15) is 0 Å². The molecule has 0 bridgehead atoms. The molecular formula is C19H28N4O4. The molecular weight excluding hydrogens is 348 g/mol. The summed E-state index contributed by atoms with van der Waals surface area (Å²) >= 11 is 0. The number of nitro groups is 1. The first-order chi connectivity index (χ1) is 13.1. The van der Waals surface area contributed by atoms with Gasteiger partial charge in [-0.25, -0.2) is 0 Å². The minimum absolute atomic E-state index is 0.0141. The predicted octanol–water partition coefficient (Wildman–Crippen LogP) is 1.55. The lowest BCUT2D eigenvalue weighted by Crippen LogP contribution is -2.46. The normalized spacial score (nSPS) is 23.1. The summed E-state index contributed by atoms with van der Waals surface area (Å²) < 4.78 is 5.70. The molecule has 1 aromatic rings. The molecule has 0 aromatic heterocycles. The molecule has 0 spiro atoms.